The molecule has 2 unspecified atom stereocenters. The van der Waals surface area contributed by atoms with Gasteiger partial charge in [-0.3, -0.25) is 17.2 Å². The maximum Gasteiger partial charge on any atom is 0.762 e. The highest BCUT2D eigenvalue weighted by Gasteiger charge is 2.28. The van der Waals surface area contributed by atoms with E-state index in [4.69, 9.17) is 4.18 Å². The second-order valence-corrected chi connectivity index (χ2v) is 15.1. The van der Waals surface area contributed by atoms with Crippen molar-refractivity contribution in [2.45, 2.75) is 60.8 Å². The molecule has 13 heteroatoms. The molecule has 4 nitrogen and oxygen atoms in total. The number of hydrogen-bond acceptors (Lipinski definition) is 6. The number of fused-ring (bicyclic) bond motifs is 3. The van der Waals surface area contributed by atoms with Gasteiger partial charge >= 0.3 is 7.54 Å². The Hall–Kier alpha value is -2.32. The molecule has 0 radical (unpaired) electrons. The lowest BCUT2D eigenvalue weighted by Crippen LogP contribution is -3.00. The summed E-state index contributed by atoms with van der Waals surface area (Å²) in [6, 6.07) is 12.8. The fourth-order valence-electron chi connectivity index (χ4n) is 5.91. The molecule has 0 fully saturated rings. The Bertz CT molecular complexity index is 1690. The van der Waals surface area contributed by atoms with E-state index in [0.29, 0.717) is 5.92 Å². The first-order chi connectivity index (χ1) is 21.2. The number of nitrogens with zero attached hydrogens (tertiary/aromatic N) is 2. The minimum atomic E-state index is -3.67. The van der Waals surface area contributed by atoms with E-state index in [-0.39, 0.29) is 4.70 Å². The van der Waals surface area contributed by atoms with Crippen LogP contribution in [0.5, 0.6) is 0 Å². The third-order valence-electron chi connectivity index (χ3n) is 7.90. The summed E-state index contributed by atoms with van der Waals surface area (Å²) in [5.74, 6) is 0.659. The summed E-state index contributed by atoms with van der Waals surface area (Å²) in [6.07, 6.45) is 16.2. The number of allylic oxidation sites excluding steroid dienone is 6. The average Bonchev–Trinajstić information content (AvgIpc) is 3.52. The lowest BCUT2D eigenvalue weighted by atomic mass is 9.77. The number of anilines is 1. The highest BCUT2D eigenvalue weighted by Crippen LogP contribution is 2.48. The Balaban J connectivity index is 0.000000871. The van der Waals surface area contributed by atoms with Crippen molar-refractivity contribution in [1.29, 1.82) is 0 Å². The van der Waals surface area contributed by atoms with Crippen molar-refractivity contribution in [2.75, 3.05) is 24.8 Å². The SMILES string of the molecule is CCN1/C(=C/C2=CC3=C/C(=C/c4sc5ccc(SOC)cc5[n+]4CC)CCC3CC2)Sc2ccc(S(C)=O)cc21.FB(F)F.[F-]. The predicted molar refractivity (Wildman–Crippen MR) is 181 cm³/mol. The minimum absolute atomic E-state index is 0. The molecule has 2 heterocycles. The van der Waals surface area contributed by atoms with Crippen LogP contribution in [0.1, 0.15) is 44.5 Å². The number of benzene rings is 2. The summed E-state index contributed by atoms with van der Waals surface area (Å²) < 4.78 is 50.1. The van der Waals surface area contributed by atoms with Gasteiger partial charge in [0, 0.05) is 62.5 Å². The summed E-state index contributed by atoms with van der Waals surface area (Å²) in [4.78, 5) is 5.64. The van der Waals surface area contributed by atoms with Crippen LogP contribution < -0.4 is 14.2 Å². The van der Waals surface area contributed by atoms with Gasteiger partial charge in [0.2, 0.25) is 5.52 Å². The van der Waals surface area contributed by atoms with Crippen molar-refractivity contribution in [1.82, 2.24) is 0 Å². The predicted octanol–water partition coefficient (Wildman–Crippen LogP) is 6.40. The highest BCUT2D eigenvalue weighted by molar-refractivity contribution is 8.03. The van der Waals surface area contributed by atoms with Crippen molar-refractivity contribution in [3.05, 3.63) is 81.4 Å². The second-order valence-electron chi connectivity index (χ2n) is 10.6. The summed E-state index contributed by atoms with van der Waals surface area (Å²) >= 11 is 5.12. The van der Waals surface area contributed by atoms with Gasteiger partial charge in [-0.25, -0.2) is 0 Å². The Morgan fingerprint density at radius 2 is 1.87 bits per heavy atom. The zero-order valence-electron chi connectivity index (χ0n) is 25.5. The molecule has 0 N–H and O–H groups in total. The quantitative estimate of drug-likeness (QED) is 0.124. The van der Waals surface area contributed by atoms with E-state index in [2.05, 4.69) is 78.0 Å². The molecule has 3 aliphatic rings. The molecule has 3 aromatic rings. The van der Waals surface area contributed by atoms with E-state index < -0.39 is 18.3 Å². The zero-order chi connectivity index (χ0) is 31.4. The summed E-state index contributed by atoms with van der Waals surface area (Å²) in [5, 5.41) is 2.59. The first kappa shape index (κ1) is 35.5. The van der Waals surface area contributed by atoms with E-state index in [0.717, 1.165) is 35.7 Å². The molecule has 2 aromatic carbocycles. The summed E-state index contributed by atoms with van der Waals surface area (Å²) in [5.41, 5.74) is 6.77. The normalized spacial score (nSPS) is 19.7. The molecule has 0 amide bonds. The Morgan fingerprint density at radius 1 is 1.11 bits per heavy atom. The van der Waals surface area contributed by atoms with E-state index in [1.54, 1.807) is 13.4 Å². The Kier molecular flexibility index (Phi) is 12.6. The van der Waals surface area contributed by atoms with Gasteiger partial charge in [0.25, 0.3) is 5.01 Å². The van der Waals surface area contributed by atoms with Gasteiger partial charge in [-0.2, -0.15) is 4.57 Å². The van der Waals surface area contributed by atoms with Crippen LogP contribution in [-0.4, -0.2) is 31.7 Å². The van der Waals surface area contributed by atoms with Crippen LogP contribution in [0.4, 0.5) is 18.6 Å². The highest BCUT2D eigenvalue weighted by atomic mass is 32.2. The molecule has 45 heavy (non-hydrogen) atoms. The first-order valence-corrected chi connectivity index (χ1v) is 18.5. The smallest absolute Gasteiger partial charge is 0.762 e. The van der Waals surface area contributed by atoms with Crippen LogP contribution >= 0.6 is 35.1 Å². The molecule has 1 aliphatic heterocycles. The number of aryl methyl sites for hydroxylation is 1. The number of thioether (sulfide) groups is 1. The van der Waals surface area contributed by atoms with Crippen molar-refractivity contribution in [3.8, 4) is 0 Å². The van der Waals surface area contributed by atoms with Crippen molar-refractivity contribution in [2.24, 2.45) is 5.92 Å². The summed E-state index contributed by atoms with van der Waals surface area (Å²) in [6.45, 7) is 6.26. The number of rotatable bonds is 7. The van der Waals surface area contributed by atoms with Crippen LogP contribution in [0.25, 0.3) is 16.3 Å². The zero-order valence-corrected chi connectivity index (χ0v) is 28.8. The fourth-order valence-corrected chi connectivity index (χ4v) is 9.29. The molecule has 0 saturated carbocycles. The van der Waals surface area contributed by atoms with Gasteiger partial charge in [-0.15, -0.1) is 0 Å². The molecule has 2 atom stereocenters. The van der Waals surface area contributed by atoms with Gasteiger partial charge in [-0.1, -0.05) is 35.3 Å². The monoisotopic (exact) mass is 694 g/mol. The van der Waals surface area contributed by atoms with Crippen LogP contribution in [-0.2, 0) is 21.5 Å². The van der Waals surface area contributed by atoms with E-state index >= 15 is 0 Å². The van der Waals surface area contributed by atoms with Crippen molar-refractivity contribution >= 4 is 75.5 Å². The van der Waals surface area contributed by atoms with Crippen molar-refractivity contribution in [3.63, 3.8) is 0 Å². The summed E-state index contributed by atoms with van der Waals surface area (Å²) in [7, 11) is -2.92. The average molecular weight is 695 g/mol. The molecule has 6 rings (SSSR count). The standard InChI is InChI=1S/C32H35N2O2S4.BF3.FH/c1-5-33-27-19-25(39-36-3)11-13-29(27)37-31(33)17-21-7-9-23-10-8-22(16-24(23)15-21)18-32-34(6-2)28-20-26(40(4)35)12-14-30(28)38-32;2-1(3)4;/h11-20,23H,5-10H2,1-4H3;;1H/q+1;;/p-1. The van der Waals surface area contributed by atoms with Gasteiger partial charge < -0.3 is 13.8 Å². The van der Waals surface area contributed by atoms with Gasteiger partial charge in [-0.05, 0) is 98.6 Å². The van der Waals surface area contributed by atoms with Crippen LogP contribution in [0.15, 0.2) is 91.1 Å². The lowest BCUT2D eigenvalue weighted by Gasteiger charge is -2.28. The number of halogens is 4. The molecule has 1 aromatic heterocycles. The number of aromatic nitrogens is 1. The van der Waals surface area contributed by atoms with Gasteiger partial charge in [0.1, 0.15) is 11.2 Å². The topological polar surface area (TPSA) is 33.4 Å². The van der Waals surface area contributed by atoms with E-state index in [1.165, 1.54) is 72.4 Å². The van der Waals surface area contributed by atoms with Crippen LogP contribution in [0.2, 0.25) is 0 Å². The molecule has 2 aliphatic carbocycles. The van der Waals surface area contributed by atoms with E-state index in [9.17, 15) is 17.2 Å². The fraction of sp³-hybridized carbons (Fsp3) is 0.344. The maximum atomic E-state index is 12.1. The maximum absolute atomic E-state index is 12.1. The molecular formula is C32H35BF4N2O2S4. The second kappa shape index (κ2) is 16.0. The van der Waals surface area contributed by atoms with E-state index in [1.807, 2.05) is 29.2 Å². The molecule has 0 spiro atoms. The lowest BCUT2D eigenvalue weighted by molar-refractivity contribution is -0.665. The molecular weight excluding hydrogens is 659 g/mol. The molecule has 0 bridgehead atoms. The first-order valence-electron chi connectivity index (χ1n) is 14.6. The third-order valence-corrected chi connectivity index (χ3v) is 11.7. The van der Waals surface area contributed by atoms with Crippen molar-refractivity contribution < 1.29 is 30.6 Å². The van der Waals surface area contributed by atoms with Gasteiger partial charge in [0.15, 0.2) is 0 Å². The Labute approximate surface area is 277 Å². The largest absolute Gasteiger partial charge is 1.00 e. The minimum Gasteiger partial charge on any atom is -1.00 e. The Morgan fingerprint density at radius 3 is 2.56 bits per heavy atom. The molecule has 240 valence electrons. The molecule has 0 saturated heterocycles. The van der Waals surface area contributed by atoms with Crippen LogP contribution in [0, 0.1) is 5.92 Å². The van der Waals surface area contributed by atoms with Crippen LogP contribution in [0.3, 0.4) is 0 Å². The number of thiazole rings is 1. The number of hydrogen-bond donors (Lipinski definition) is 0. The third kappa shape index (κ3) is 8.35. The van der Waals surface area contributed by atoms with Gasteiger partial charge in [0.05, 0.1) is 17.8 Å².